The highest BCUT2D eigenvalue weighted by molar-refractivity contribution is 4.96. The highest BCUT2D eigenvalue weighted by atomic mass is 15.1. The first kappa shape index (κ1) is 9.01. The van der Waals surface area contributed by atoms with Crippen molar-refractivity contribution in [2.24, 2.45) is 11.1 Å². The van der Waals surface area contributed by atoms with Gasteiger partial charge in [-0.15, -0.1) is 0 Å². The lowest BCUT2D eigenvalue weighted by molar-refractivity contribution is 0.190. The van der Waals surface area contributed by atoms with E-state index in [-0.39, 0.29) is 0 Å². The Morgan fingerprint density at radius 3 is 2.45 bits per heavy atom. The maximum Gasteiger partial charge on any atom is 0.0118 e. The van der Waals surface area contributed by atoms with Gasteiger partial charge in [-0.3, -0.25) is 0 Å². The van der Waals surface area contributed by atoms with Gasteiger partial charge in [0.05, 0.1) is 0 Å². The van der Waals surface area contributed by atoms with Gasteiger partial charge < -0.3 is 10.6 Å². The molecule has 0 amide bonds. The quantitative estimate of drug-likeness (QED) is 0.659. The maximum atomic E-state index is 5.49. The van der Waals surface area contributed by atoms with E-state index in [1.807, 2.05) is 0 Å². The number of rotatable bonds is 4. The third-order valence-corrected chi connectivity index (χ3v) is 3.19. The van der Waals surface area contributed by atoms with Crippen LogP contribution in [0.3, 0.4) is 0 Å². The number of likely N-dealkylation sites (N-methyl/N-ethyl adjacent to an activating group) is 1. The molecule has 1 saturated carbocycles. The molecule has 1 aliphatic carbocycles. The van der Waals surface area contributed by atoms with Gasteiger partial charge in [-0.1, -0.05) is 6.92 Å². The average Bonchev–Trinajstić information content (AvgIpc) is 2.68. The Morgan fingerprint density at radius 1 is 1.55 bits per heavy atom. The fourth-order valence-corrected chi connectivity index (χ4v) is 1.54. The molecule has 1 atom stereocenters. The molecule has 66 valence electrons. The number of hydrogen-bond donors (Lipinski definition) is 1. The monoisotopic (exact) mass is 156 g/mol. The van der Waals surface area contributed by atoms with Crippen molar-refractivity contribution in [1.82, 2.24) is 4.90 Å². The van der Waals surface area contributed by atoms with Crippen molar-refractivity contribution in [1.29, 1.82) is 0 Å². The summed E-state index contributed by atoms with van der Waals surface area (Å²) in [6.45, 7) is 6.47. The first-order chi connectivity index (χ1) is 5.10. The molecule has 0 aromatic rings. The van der Waals surface area contributed by atoms with E-state index < -0.39 is 0 Å². The summed E-state index contributed by atoms with van der Waals surface area (Å²) in [6.07, 6.45) is 2.78. The minimum Gasteiger partial charge on any atom is -0.329 e. The van der Waals surface area contributed by atoms with Crippen LogP contribution in [0.4, 0.5) is 0 Å². The van der Waals surface area contributed by atoms with E-state index in [0.29, 0.717) is 11.5 Å². The zero-order valence-electron chi connectivity index (χ0n) is 7.93. The van der Waals surface area contributed by atoms with E-state index in [0.717, 1.165) is 13.1 Å². The van der Waals surface area contributed by atoms with Crippen molar-refractivity contribution < 1.29 is 0 Å². The Hall–Kier alpha value is -0.0800. The van der Waals surface area contributed by atoms with Gasteiger partial charge in [0.1, 0.15) is 0 Å². The van der Waals surface area contributed by atoms with Crippen LogP contribution in [0.1, 0.15) is 26.7 Å². The number of nitrogens with two attached hydrogens (primary N) is 1. The average molecular weight is 156 g/mol. The molecule has 0 bridgehead atoms. The molecule has 2 heteroatoms. The lowest BCUT2D eigenvalue weighted by Crippen LogP contribution is -2.38. The van der Waals surface area contributed by atoms with Gasteiger partial charge >= 0.3 is 0 Å². The van der Waals surface area contributed by atoms with Gasteiger partial charge in [0.2, 0.25) is 0 Å². The Morgan fingerprint density at radius 2 is 2.09 bits per heavy atom. The Balaban J connectivity index is 2.34. The minimum absolute atomic E-state index is 0.601. The molecule has 0 heterocycles. The van der Waals surface area contributed by atoms with Crippen LogP contribution in [0.25, 0.3) is 0 Å². The van der Waals surface area contributed by atoms with E-state index >= 15 is 0 Å². The van der Waals surface area contributed by atoms with Crippen molar-refractivity contribution in [2.75, 3.05) is 20.1 Å². The van der Waals surface area contributed by atoms with Gasteiger partial charge in [0.25, 0.3) is 0 Å². The van der Waals surface area contributed by atoms with Crippen molar-refractivity contribution >= 4 is 0 Å². The molecule has 0 radical (unpaired) electrons. The molecular formula is C9H20N2. The van der Waals surface area contributed by atoms with Gasteiger partial charge in [0.15, 0.2) is 0 Å². The summed E-state index contributed by atoms with van der Waals surface area (Å²) in [6, 6.07) is 0.700. The zero-order chi connectivity index (χ0) is 8.48. The fraction of sp³-hybridized carbons (Fsp3) is 1.00. The number of nitrogens with zero attached hydrogens (tertiary/aromatic N) is 1. The van der Waals surface area contributed by atoms with Gasteiger partial charge in [-0.25, -0.2) is 0 Å². The summed E-state index contributed by atoms with van der Waals surface area (Å²) in [5, 5.41) is 0. The molecule has 1 rings (SSSR count). The first-order valence-electron chi connectivity index (χ1n) is 4.50. The number of hydrogen-bond acceptors (Lipinski definition) is 2. The minimum atomic E-state index is 0.601. The largest absolute Gasteiger partial charge is 0.329 e. The van der Waals surface area contributed by atoms with Crippen LogP contribution in [-0.2, 0) is 0 Å². The first-order valence-corrected chi connectivity index (χ1v) is 4.50. The van der Waals surface area contributed by atoms with Crippen molar-refractivity contribution in [3.63, 3.8) is 0 Å². The van der Waals surface area contributed by atoms with E-state index in [4.69, 9.17) is 5.73 Å². The van der Waals surface area contributed by atoms with E-state index in [9.17, 15) is 0 Å². The molecule has 0 spiro atoms. The maximum absolute atomic E-state index is 5.49. The van der Waals surface area contributed by atoms with Crippen molar-refractivity contribution in [2.45, 2.75) is 32.7 Å². The molecule has 2 N–H and O–H groups in total. The second kappa shape index (κ2) is 3.11. The van der Waals surface area contributed by atoms with Crippen LogP contribution < -0.4 is 5.73 Å². The molecule has 1 unspecified atom stereocenters. The standard InChI is InChI=1S/C9H20N2/c1-8(9(2)4-5-9)11(3)7-6-10/h8H,4-7,10H2,1-3H3. The van der Waals surface area contributed by atoms with E-state index in [1.165, 1.54) is 12.8 Å². The van der Waals surface area contributed by atoms with Crippen LogP contribution in [0.2, 0.25) is 0 Å². The van der Waals surface area contributed by atoms with Crippen molar-refractivity contribution in [3.05, 3.63) is 0 Å². The van der Waals surface area contributed by atoms with Crippen molar-refractivity contribution in [3.8, 4) is 0 Å². The molecule has 1 fully saturated rings. The fourth-order valence-electron chi connectivity index (χ4n) is 1.54. The highest BCUT2D eigenvalue weighted by Crippen LogP contribution is 2.49. The molecular weight excluding hydrogens is 136 g/mol. The zero-order valence-corrected chi connectivity index (χ0v) is 7.93. The summed E-state index contributed by atoms with van der Waals surface area (Å²) in [4.78, 5) is 2.37. The topological polar surface area (TPSA) is 29.3 Å². The predicted molar refractivity (Wildman–Crippen MR) is 48.5 cm³/mol. The smallest absolute Gasteiger partial charge is 0.0118 e. The summed E-state index contributed by atoms with van der Waals surface area (Å²) >= 11 is 0. The molecule has 0 saturated heterocycles. The Kier molecular flexibility index (Phi) is 2.55. The predicted octanol–water partition coefficient (Wildman–Crippen LogP) is 1.07. The van der Waals surface area contributed by atoms with Crippen LogP contribution in [0.15, 0.2) is 0 Å². The molecule has 11 heavy (non-hydrogen) atoms. The lowest BCUT2D eigenvalue weighted by Gasteiger charge is -2.29. The Labute approximate surface area is 69.8 Å². The second-order valence-electron chi connectivity index (χ2n) is 4.10. The van der Waals surface area contributed by atoms with Crippen LogP contribution in [0, 0.1) is 5.41 Å². The van der Waals surface area contributed by atoms with Gasteiger partial charge in [0, 0.05) is 19.1 Å². The summed E-state index contributed by atoms with van der Waals surface area (Å²) in [7, 11) is 2.17. The van der Waals surface area contributed by atoms with E-state index in [1.54, 1.807) is 0 Å². The normalized spacial score (nSPS) is 23.7. The lowest BCUT2D eigenvalue weighted by atomic mass is 10.00. The molecule has 2 nitrogen and oxygen atoms in total. The van der Waals surface area contributed by atoms with Gasteiger partial charge in [-0.05, 0) is 32.2 Å². The van der Waals surface area contributed by atoms with Gasteiger partial charge in [-0.2, -0.15) is 0 Å². The molecule has 1 aliphatic rings. The SMILES string of the molecule is CC(N(C)CCN)C1(C)CC1. The summed E-state index contributed by atoms with van der Waals surface area (Å²) in [5.74, 6) is 0. The molecule has 0 aromatic heterocycles. The summed E-state index contributed by atoms with van der Waals surface area (Å²) < 4.78 is 0. The van der Waals surface area contributed by atoms with Crippen LogP contribution in [0.5, 0.6) is 0 Å². The van der Waals surface area contributed by atoms with E-state index in [2.05, 4.69) is 25.8 Å². The highest BCUT2D eigenvalue weighted by Gasteiger charge is 2.43. The summed E-state index contributed by atoms with van der Waals surface area (Å²) in [5.41, 5.74) is 6.09. The second-order valence-corrected chi connectivity index (χ2v) is 4.10. The third kappa shape index (κ3) is 1.94. The van der Waals surface area contributed by atoms with Crippen LogP contribution >= 0.6 is 0 Å². The molecule has 0 aromatic carbocycles. The third-order valence-electron chi connectivity index (χ3n) is 3.19. The Bertz CT molecular complexity index is 130. The molecule has 0 aliphatic heterocycles. The van der Waals surface area contributed by atoms with Crippen LogP contribution in [-0.4, -0.2) is 31.1 Å².